The molecule has 5 nitrogen and oxygen atoms in total. The third kappa shape index (κ3) is 2.09. The summed E-state index contributed by atoms with van der Waals surface area (Å²) in [7, 11) is -3.44. The van der Waals surface area contributed by atoms with Crippen LogP contribution >= 0.6 is 11.6 Å². The molecule has 0 aliphatic carbocycles. The van der Waals surface area contributed by atoms with Gasteiger partial charge in [0.2, 0.25) is 0 Å². The second-order valence-corrected chi connectivity index (χ2v) is 6.53. The molecule has 0 bridgehead atoms. The Morgan fingerprint density at radius 1 is 1.62 bits per heavy atom. The van der Waals surface area contributed by atoms with E-state index in [0.717, 1.165) is 6.42 Å². The van der Waals surface area contributed by atoms with Gasteiger partial charge in [0, 0.05) is 18.5 Å². The molecule has 0 radical (unpaired) electrons. The molecule has 1 N–H and O–H groups in total. The predicted molar refractivity (Wildman–Crippen MR) is 60.8 cm³/mol. The molecule has 2 unspecified atom stereocenters. The standard InChI is InChI=1S/C9H14ClN3O2S/c1-7-3-5-13(6-8(7)10)16(14,15)9-2-4-11-12-9/h2,4,7-8H,3,5-6H2,1H3,(H,11,12). The maximum absolute atomic E-state index is 12.1. The van der Waals surface area contributed by atoms with Crippen molar-refractivity contribution in [1.82, 2.24) is 14.5 Å². The van der Waals surface area contributed by atoms with Crippen LogP contribution in [0.5, 0.6) is 0 Å². The number of nitrogens with one attached hydrogen (secondary N) is 1. The SMILES string of the molecule is CC1CCN(S(=O)(=O)c2ccn[nH]2)CC1Cl. The Hall–Kier alpha value is -0.590. The van der Waals surface area contributed by atoms with Gasteiger partial charge in [-0.1, -0.05) is 6.92 Å². The molecular weight excluding hydrogens is 250 g/mol. The summed E-state index contributed by atoms with van der Waals surface area (Å²) in [6, 6.07) is 1.45. The van der Waals surface area contributed by atoms with E-state index in [0.29, 0.717) is 19.0 Å². The summed E-state index contributed by atoms with van der Waals surface area (Å²) in [5, 5.41) is 6.14. The third-order valence-corrected chi connectivity index (χ3v) is 5.29. The van der Waals surface area contributed by atoms with Gasteiger partial charge in [-0.3, -0.25) is 5.10 Å². The van der Waals surface area contributed by atoms with Crippen LogP contribution in [0.3, 0.4) is 0 Å². The molecule has 1 aliphatic rings. The number of alkyl halides is 1. The number of H-pyrrole nitrogens is 1. The van der Waals surface area contributed by atoms with Gasteiger partial charge in [-0.05, 0) is 18.4 Å². The summed E-state index contributed by atoms with van der Waals surface area (Å²) < 4.78 is 25.6. The number of hydrogen-bond donors (Lipinski definition) is 1. The fraction of sp³-hybridized carbons (Fsp3) is 0.667. The molecule has 2 rings (SSSR count). The van der Waals surface area contributed by atoms with Gasteiger partial charge in [0.15, 0.2) is 5.03 Å². The van der Waals surface area contributed by atoms with Crippen molar-refractivity contribution in [1.29, 1.82) is 0 Å². The first-order valence-electron chi connectivity index (χ1n) is 5.15. The van der Waals surface area contributed by atoms with Gasteiger partial charge in [-0.2, -0.15) is 9.40 Å². The maximum Gasteiger partial charge on any atom is 0.260 e. The first-order chi connectivity index (χ1) is 7.51. The van der Waals surface area contributed by atoms with Crippen LogP contribution in [0.4, 0.5) is 0 Å². The average Bonchev–Trinajstić information content (AvgIpc) is 2.75. The topological polar surface area (TPSA) is 66.1 Å². The Morgan fingerprint density at radius 3 is 2.94 bits per heavy atom. The third-order valence-electron chi connectivity index (χ3n) is 2.92. The predicted octanol–water partition coefficient (Wildman–Crippen LogP) is 1.05. The smallest absolute Gasteiger partial charge is 0.260 e. The van der Waals surface area contributed by atoms with Crippen molar-refractivity contribution in [3.8, 4) is 0 Å². The van der Waals surface area contributed by atoms with E-state index in [9.17, 15) is 8.42 Å². The minimum absolute atomic E-state index is 0.119. The summed E-state index contributed by atoms with van der Waals surface area (Å²) in [4.78, 5) is 0. The summed E-state index contributed by atoms with van der Waals surface area (Å²) in [6.07, 6.45) is 2.22. The normalized spacial score (nSPS) is 28.1. The van der Waals surface area contributed by atoms with Crippen LogP contribution < -0.4 is 0 Å². The molecule has 1 aliphatic heterocycles. The van der Waals surface area contributed by atoms with E-state index in [1.54, 1.807) is 0 Å². The summed E-state index contributed by atoms with van der Waals surface area (Å²) in [6.45, 7) is 2.92. The maximum atomic E-state index is 12.1. The van der Waals surface area contributed by atoms with Crippen LogP contribution in [0.1, 0.15) is 13.3 Å². The number of sulfonamides is 1. The summed E-state index contributed by atoms with van der Waals surface area (Å²) in [5.41, 5.74) is 0. The fourth-order valence-electron chi connectivity index (χ4n) is 1.74. The Kier molecular flexibility index (Phi) is 3.23. The van der Waals surface area contributed by atoms with Crippen LogP contribution in [0, 0.1) is 5.92 Å². The van der Waals surface area contributed by atoms with Gasteiger partial charge in [0.1, 0.15) is 0 Å². The van der Waals surface area contributed by atoms with E-state index < -0.39 is 10.0 Å². The largest absolute Gasteiger partial charge is 0.266 e. The van der Waals surface area contributed by atoms with Crippen LogP contribution in [0.15, 0.2) is 17.3 Å². The Morgan fingerprint density at radius 2 is 2.38 bits per heavy atom. The second kappa shape index (κ2) is 4.35. The van der Waals surface area contributed by atoms with Gasteiger partial charge in [-0.25, -0.2) is 8.42 Å². The number of halogens is 1. The highest BCUT2D eigenvalue weighted by molar-refractivity contribution is 7.89. The number of aromatic nitrogens is 2. The molecule has 0 aromatic carbocycles. The molecule has 90 valence electrons. The zero-order valence-electron chi connectivity index (χ0n) is 8.93. The second-order valence-electron chi connectivity index (χ2n) is 4.07. The Bertz CT molecular complexity index is 445. The van der Waals surface area contributed by atoms with E-state index in [1.807, 2.05) is 6.92 Å². The van der Waals surface area contributed by atoms with E-state index >= 15 is 0 Å². The van der Waals surface area contributed by atoms with Crippen molar-refractivity contribution in [3.05, 3.63) is 12.3 Å². The molecule has 2 atom stereocenters. The number of hydrogen-bond acceptors (Lipinski definition) is 3. The molecule has 1 aromatic heterocycles. The molecule has 2 heterocycles. The van der Waals surface area contributed by atoms with Crippen molar-refractivity contribution in [2.24, 2.45) is 5.92 Å². The van der Waals surface area contributed by atoms with Gasteiger partial charge < -0.3 is 0 Å². The van der Waals surface area contributed by atoms with Crippen molar-refractivity contribution in [2.45, 2.75) is 23.7 Å². The monoisotopic (exact) mass is 263 g/mol. The molecule has 0 amide bonds. The zero-order chi connectivity index (χ0) is 11.8. The van der Waals surface area contributed by atoms with Gasteiger partial charge in [0.05, 0.1) is 6.20 Å². The fourth-order valence-corrected chi connectivity index (χ4v) is 3.49. The molecule has 1 fully saturated rings. The molecular formula is C9H14ClN3O2S. The highest BCUT2D eigenvalue weighted by Crippen LogP contribution is 2.25. The van der Waals surface area contributed by atoms with Gasteiger partial charge >= 0.3 is 0 Å². The number of nitrogens with zero attached hydrogens (tertiary/aromatic N) is 2. The van der Waals surface area contributed by atoms with Gasteiger partial charge in [-0.15, -0.1) is 11.6 Å². The highest BCUT2D eigenvalue weighted by Gasteiger charge is 2.33. The Labute approximate surface area is 99.8 Å². The highest BCUT2D eigenvalue weighted by atomic mass is 35.5. The van der Waals surface area contributed by atoms with Crippen LogP contribution in [0.25, 0.3) is 0 Å². The number of rotatable bonds is 2. The van der Waals surface area contributed by atoms with Crippen LogP contribution in [0.2, 0.25) is 0 Å². The van der Waals surface area contributed by atoms with Gasteiger partial charge in [0.25, 0.3) is 10.0 Å². The molecule has 0 saturated carbocycles. The average molecular weight is 264 g/mol. The van der Waals surface area contributed by atoms with Crippen molar-refractivity contribution in [3.63, 3.8) is 0 Å². The van der Waals surface area contributed by atoms with E-state index in [1.165, 1.54) is 16.6 Å². The van der Waals surface area contributed by atoms with E-state index in [2.05, 4.69) is 10.2 Å². The minimum Gasteiger partial charge on any atom is -0.266 e. The summed E-state index contributed by atoms with van der Waals surface area (Å²) in [5.74, 6) is 0.356. The molecule has 16 heavy (non-hydrogen) atoms. The lowest BCUT2D eigenvalue weighted by molar-refractivity contribution is 0.292. The van der Waals surface area contributed by atoms with Crippen molar-refractivity contribution in [2.75, 3.05) is 13.1 Å². The summed E-state index contributed by atoms with van der Waals surface area (Å²) >= 11 is 6.10. The molecule has 0 spiro atoms. The van der Waals surface area contributed by atoms with E-state index in [-0.39, 0.29) is 10.4 Å². The van der Waals surface area contributed by atoms with Crippen LogP contribution in [-0.4, -0.2) is 41.4 Å². The van der Waals surface area contributed by atoms with Crippen LogP contribution in [-0.2, 0) is 10.0 Å². The first-order valence-corrected chi connectivity index (χ1v) is 7.03. The molecule has 7 heteroatoms. The first kappa shape index (κ1) is 11.9. The molecule has 1 aromatic rings. The quantitative estimate of drug-likeness (QED) is 0.811. The van der Waals surface area contributed by atoms with Crippen molar-refractivity contribution < 1.29 is 8.42 Å². The molecule has 1 saturated heterocycles. The van der Waals surface area contributed by atoms with Crippen molar-refractivity contribution >= 4 is 21.6 Å². The lowest BCUT2D eigenvalue weighted by atomic mass is 10.0. The van der Waals surface area contributed by atoms with E-state index in [4.69, 9.17) is 11.6 Å². The number of aromatic amines is 1. The number of piperidine rings is 1. The Balaban J connectivity index is 2.20. The lowest BCUT2D eigenvalue weighted by Gasteiger charge is -2.32. The lowest BCUT2D eigenvalue weighted by Crippen LogP contribution is -2.43. The minimum atomic E-state index is -3.44. The zero-order valence-corrected chi connectivity index (χ0v) is 10.5.